The van der Waals surface area contributed by atoms with E-state index in [1.54, 1.807) is 18.2 Å². The van der Waals surface area contributed by atoms with Crippen LogP contribution in [0.1, 0.15) is 18.1 Å². The molecule has 2 nitrogen and oxygen atoms in total. The van der Waals surface area contributed by atoms with Crippen molar-refractivity contribution in [3.63, 3.8) is 0 Å². The first-order chi connectivity index (χ1) is 6.19. The van der Waals surface area contributed by atoms with E-state index >= 15 is 0 Å². The maximum Gasteiger partial charge on any atom is 0.101 e. The van der Waals surface area contributed by atoms with Crippen molar-refractivity contribution in [1.29, 1.82) is 5.26 Å². The number of benzene rings is 1. The van der Waals surface area contributed by atoms with Crippen LogP contribution in [0.4, 0.5) is 0 Å². The van der Waals surface area contributed by atoms with Crippen molar-refractivity contribution in [3.8, 4) is 6.07 Å². The minimum Gasteiger partial charge on any atom is -0.395 e. The van der Waals surface area contributed by atoms with Crippen molar-refractivity contribution in [2.75, 3.05) is 6.61 Å². The van der Waals surface area contributed by atoms with Gasteiger partial charge in [0.05, 0.1) is 17.2 Å². The lowest BCUT2D eigenvalue weighted by molar-refractivity contribution is 0.315. The predicted molar refractivity (Wildman–Crippen MR) is 51.3 cm³/mol. The van der Waals surface area contributed by atoms with E-state index in [2.05, 4.69) is 0 Å². The van der Waals surface area contributed by atoms with Gasteiger partial charge in [0, 0.05) is 5.92 Å². The topological polar surface area (TPSA) is 44.0 Å². The van der Waals surface area contributed by atoms with E-state index < -0.39 is 0 Å². The minimum atomic E-state index is -0.00744. The van der Waals surface area contributed by atoms with Gasteiger partial charge in [0.15, 0.2) is 0 Å². The average Bonchev–Trinajstić information content (AvgIpc) is 2.17. The molecule has 1 N–H and O–H groups in total. The Morgan fingerprint density at radius 2 is 2.31 bits per heavy atom. The van der Waals surface area contributed by atoms with Crippen molar-refractivity contribution in [1.82, 2.24) is 0 Å². The number of nitriles is 1. The standard InChI is InChI=1S/C10H9ClNO/c1-7(6-13)8-2-3-10(11)9(4-8)5-12/h2-4,13H,6H2,1H3. The van der Waals surface area contributed by atoms with E-state index in [4.69, 9.17) is 22.0 Å². The van der Waals surface area contributed by atoms with Crippen molar-refractivity contribution in [3.05, 3.63) is 40.3 Å². The molecule has 0 aromatic heterocycles. The maximum absolute atomic E-state index is 8.87. The van der Waals surface area contributed by atoms with Crippen LogP contribution in [0.15, 0.2) is 18.2 Å². The number of aliphatic hydroxyl groups is 1. The third-order valence-electron chi connectivity index (χ3n) is 1.82. The molecule has 0 bridgehead atoms. The second-order valence-electron chi connectivity index (χ2n) is 2.74. The molecule has 0 spiro atoms. The molecule has 1 rings (SSSR count). The van der Waals surface area contributed by atoms with Crippen LogP contribution in [0.25, 0.3) is 0 Å². The Bertz CT molecular complexity index is 343. The zero-order chi connectivity index (χ0) is 9.84. The van der Waals surface area contributed by atoms with Gasteiger partial charge in [-0.1, -0.05) is 24.6 Å². The van der Waals surface area contributed by atoms with Crippen molar-refractivity contribution >= 4 is 11.6 Å². The minimum absolute atomic E-state index is 0.00744. The maximum atomic E-state index is 8.87. The quantitative estimate of drug-likeness (QED) is 0.784. The summed E-state index contributed by atoms with van der Waals surface area (Å²) in [6.45, 7) is 1.80. The van der Waals surface area contributed by atoms with E-state index in [1.807, 2.05) is 13.0 Å². The molecule has 0 saturated heterocycles. The van der Waals surface area contributed by atoms with Gasteiger partial charge in [-0.15, -0.1) is 0 Å². The largest absolute Gasteiger partial charge is 0.395 e. The lowest BCUT2D eigenvalue weighted by Crippen LogP contribution is -2.00. The first kappa shape index (κ1) is 10.0. The normalized spacial score (nSPS) is 10.1. The average molecular weight is 195 g/mol. The van der Waals surface area contributed by atoms with E-state index in [0.717, 1.165) is 11.5 Å². The van der Waals surface area contributed by atoms with Gasteiger partial charge in [-0.2, -0.15) is 5.26 Å². The molecule has 0 aliphatic heterocycles. The van der Waals surface area contributed by atoms with Crippen molar-refractivity contribution in [2.24, 2.45) is 0 Å². The summed E-state index contributed by atoms with van der Waals surface area (Å²) < 4.78 is 0. The molecular formula is C10H9ClNO. The summed E-state index contributed by atoms with van der Waals surface area (Å²) >= 11 is 5.75. The molecule has 0 saturated carbocycles. The smallest absolute Gasteiger partial charge is 0.101 e. The van der Waals surface area contributed by atoms with Crippen LogP contribution >= 0.6 is 11.6 Å². The lowest BCUT2D eigenvalue weighted by atomic mass is 10.0. The Balaban J connectivity index is 3.08. The summed E-state index contributed by atoms with van der Waals surface area (Å²) in [5.41, 5.74) is 1.29. The second kappa shape index (κ2) is 4.27. The van der Waals surface area contributed by atoms with Gasteiger partial charge in [-0.3, -0.25) is 0 Å². The van der Waals surface area contributed by atoms with Crippen molar-refractivity contribution < 1.29 is 5.11 Å². The highest BCUT2D eigenvalue weighted by Gasteiger charge is 2.07. The van der Waals surface area contributed by atoms with Crippen molar-refractivity contribution in [2.45, 2.75) is 6.92 Å². The molecule has 0 aliphatic rings. The summed E-state index contributed by atoms with van der Waals surface area (Å²) in [5.74, 6) is 0.827. The number of hydrogen-bond donors (Lipinski definition) is 1. The SMILES string of the molecule is C[C](CO)c1ccc(Cl)c(C#N)c1. The molecule has 1 radical (unpaired) electrons. The molecule has 0 fully saturated rings. The number of aliphatic hydroxyl groups excluding tert-OH is 1. The molecule has 13 heavy (non-hydrogen) atoms. The van der Waals surface area contributed by atoms with Crippen LogP contribution in [-0.2, 0) is 0 Å². The van der Waals surface area contributed by atoms with Gasteiger partial charge in [0.2, 0.25) is 0 Å². The Morgan fingerprint density at radius 3 is 2.85 bits per heavy atom. The van der Waals surface area contributed by atoms with Gasteiger partial charge in [-0.25, -0.2) is 0 Å². The van der Waals surface area contributed by atoms with Gasteiger partial charge in [0.1, 0.15) is 6.07 Å². The number of rotatable bonds is 2. The summed E-state index contributed by atoms with van der Waals surface area (Å²) in [5, 5.41) is 18.0. The third kappa shape index (κ3) is 2.21. The Morgan fingerprint density at radius 1 is 1.62 bits per heavy atom. The Labute approximate surface area is 82.4 Å². The number of nitrogens with zero attached hydrogens (tertiary/aromatic N) is 1. The first-order valence-corrected chi connectivity index (χ1v) is 4.20. The molecule has 0 aliphatic carbocycles. The summed E-state index contributed by atoms with van der Waals surface area (Å²) in [4.78, 5) is 0. The lowest BCUT2D eigenvalue weighted by Gasteiger charge is -2.07. The molecule has 0 atom stereocenters. The summed E-state index contributed by atoms with van der Waals surface area (Å²) in [7, 11) is 0. The number of halogens is 1. The Kier molecular flexibility index (Phi) is 3.30. The Hall–Kier alpha value is -1.04. The second-order valence-corrected chi connectivity index (χ2v) is 3.15. The molecule has 67 valence electrons. The zero-order valence-corrected chi connectivity index (χ0v) is 7.97. The molecular weight excluding hydrogens is 186 g/mol. The zero-order valence-electron chi connectivity index (χ0n) is 7.21. The fourth-order valence-corrected chi connectivity index (χ4v) is 1.13. The van der Waals surface area contributed by atoms with E-state index in [1.165, 1.54) is 0 Å². The van der Waals surface area contributed by atoms with Gasteiger partial charge in [-0.05, 0) is 17.7 Å². The van der Waals surface area contributed by atoms with Gasteiger partial charge < -0.3 is 5.11 Å². The number of hydrogen-bond acceptors (Lipinski definition) is 2. The highest BCUT2D eigenvalue weighted by atomic mass is 35.5. The molecule has 0 heterocycles. The molecule has 1 aromatic rings. The predicted octanol–water partition coefficient (Wildman–Crippen LogP) is 2.15. The fourth-order valence-electron chi connectivity index (χ4n) is 0.968. The van der Waals surface area contributed by atoms with E-state index in [0.29, 0.717) is 10.6 Å². The highest BCUT2D eigenvalue weighted by molar-refractivity contribution is 6.31. The fraction of sp³-hybridized carbons (Fsp3) is 0.200. The highest BCUT2D eigenvalue weighted by Crippen LogP contribution is 2.21. The van der Waals surface area contributed by atoms with Crippen LogP contribution in [0.2, 0.25) is 5.02 Å². The molecule has 0 unspecified atom stereocenters. The van der Waals surface area contributed by atoms with Crippen LogP contribution in [0.3, 0.4) is 0 Å². The van der Waals surface area contributed by atoms with Crippen LogP contribution in [0.5, 0.6) is 0 Å². The molecule has 1 aromatic carbocycles. The van der Waals surface area contributed by atoms with E-state index in [-0.39, 0.29) is 6.61 Å². The van der Waals surface area contributed by atoms with E-state index in [9.17, 15) is 0 Å². The first-order valence-electron chi connectivity index (χ1n) is 3.82. The summed E-state index contributed by atoms with van der Waals surface area (Å²) in [6.07, 6.45) is 0. The molecule has 0 amide bonds. The van der Waals surface area contributed by atoms with Gasteiger partial charge in [0.25, 0.3) is 0 Å². The third-order valence-corrected chi connectivity index (χ3v) is 2.15. The van der Waals surface area contributed by atoms with Crippen LogP contribution in [-0.4, -0.2) is 11.7 Å². The monoisotopic (exact) mass is 194 g/mol. The van der Waals surface area contributed by atoms with Gasteiger partial charge >= 0.3 is 0 Å². The summed E-state index contributed by atoms with van der Waals surface area (Å²) in [6, 6.07) is 7.11. The van der Waals surface area contributed by atoms with Crippen LogP contribution < -0.4 is 0 Å². The van der Waals surface area contributed by atoms with Crippen LogP contribution in [0, 0.1) is 17.2 Å². The molecule has 3 heteroatoms.